The lowest BCUT2D eigenvalue weighted by molar-refractivity contribution is -0.140. The Morgan fingerprint density at radius 3 is 2.55 bits per heavy atom. The molecule has 1 aromatic heterocycles. The van der Waals surface area contributed by atoms with E-state index in [1.807, 2.05) is 32.0 Å². The molecule has 20 heavy (non-hydrogen) atoms. The van der Waals surface area contributed by atoms with Crippen LogP contribution < -0.4 is 5.56 Å². The summed E-state index contributed by atoms with van der Waals surface area (Å²) >= 11 is 0. The second-order valence-electron chi connectivity index (χ2n) is 4.83. The van der Waals surface area contributed by atoms with E-state index in [1.165, 1.54) is 13.0 Å². The van der Waals surface area contributed by atoms with Crippen LogP contribution in [0.4, 0.5) is 0 Å². The number of rotatable bonds is 3. The van der Waals surface area contributed by atoms with Crippen molar-refractivity contribution in [2.24, 2.45) is 0 Å². The second-order valence-corrected chi connectivity index (χ2v) is 4.83. The topological polar surface area (TPSA) is 72.2 Å². The van der Waals surface area contributed by atoms with E-state index < -0.39 is 17.6 Å². The van der Waals surface area contributed by atoms with Crippen LogP contribution in [0.2, 0.25) is 0 Å². The van der Waals surface area contributed by atoms with Gasteiger partial charge in [-0.25, -0.2) is 9.48 Å². The SMILES string of the molecule is Cc1ccc(-c2ccc(=O)n(C(C)C(=O)O)n2)c(C)c1. The first-order valence-electron chi connectivity index (χ1n) is 6.30. The number of nitrogens with zero attached hydrogens (tertiary/aromatic N) is 2. The summed E-state index contributed by atoms with van der Waals surface area (Å²) in [5.41, 5.74) is 3.23. The van der Waals surface area contributed by atoms with Gasteiger partial charge in [-0.05, 0) is 32.4 Å². The molecule has 0 radical (unpaired) electrons. The van der Waals surface area contributed by atoms with E-state index in [1.54, 1.807) is 6.07 Å². The number of benzene rings is 1. The van der Waals surface area contributed by atoms with Crippen molar-refractivity contribution >= 4 is 5.97 Å². The summed E-state index contributed by atoms with van der Waals surface area (Å²) in [4.78, 5) is 22.7. The van der Waals surface area contributed by atoms with Crippen LogP contribution in [0.25, 0.3) is 11.3 Å². The molecule has 1 unspecified atom stereocenters. The van der Waals surface area contributed by atoms with E-state index in [-0.39, 0.29) is 0 Å². The number of aromatic nitrogens is 2. The zero-order chi connectivity index (χ0) is 14.9. The van der Waals surface area contributed by atoms with Crippen molar-refractivity contribution in [3.05, 3.63) is 51.8 Å². The predicted octanol–water partition coefficient (Wildman–Crippen LogP) is 2.17. The van der Waals surface area contributed by atoms with E-state index in [2.05, 4.69) is 5.10 Å². The Balaban J connectivity index is 2.56. The first kappa shape index (κ1) is 14.0. The molecule has 0 amide bonds. The van der Waals surface area contributed by atoms with E-state index in [4.69, 9.17) is 5.11 Å². The van der Waals surface area contributed by atoms with Crippen molar-refractivity contribution in [3.8, 4) is 11.3 Å². The van der Waals surface area contributed by atoms with Gasteiger partial charge in [-0.3, -0.25) is 4.79 Å². The molecule has 5 nitrogen and oxygen atoms in total. The summed E-state index contributed by atoms with van der Waals surface area (Å²) in [6, 6.07) is 7.88. The quantitative estimate of drug-likeness (QED) is 0.929. The molecule has 2 rings (SSSR count). The number of aryl methyl sites for hydroxylation is 2. The van der Waals surface area contributed by atoms with E-state index in [0.29, 0.717) is 5.69 Å². The maximum Gasteiger partial charge on any atom is 0.328 e. The molecule has 1 aromatic carbocycles. The number of carbonyl (C=O) groups is 1. The molecule has 1 heterocycles. The van der Waals surface area contributed by atoms with Crippen molar-refractivity contribution in [2.45, 2.75) is 26.8 Å². The van der Waals surface area contributed by atoms with Gasteiger partial charge in [-0.2, -0.15) is 5.10 Å². The van der Waals surface area contributed by atoms with Crippen LogP contribution in [0.3, 0.4) is 0 Å². The first-order chi connectivity index (χ1) is 9.40. The van der Waals surface area contributed by atoms with Crippen LogP contribution in [-0.4, -0.2) is 20.9 Å². The molecule has 0 aliphatic heterocycles. The molecular formula is C15H16N2O3. The Hall–Kier alpha value is -2.43. The van der Waals surface area contributed by atoms with Gasteiger partial charge < -0.3 is 5.11 Å². The molecule has 0 aliphatic rings. The molecule has 1 N–H and O–H groups in total. The van der Waals surface area contributed by atoms with Gasteiger partial charge >= 0.3 is 5.97 Å². The standard InChI is InChI=1S/C15H16N2O3/c1-9-4-5-12(10(2)8-9)13-6-7-14(18)17(16-13)11(3)15(19)20/h4-8,11H,1-3H3,(H,19,20). The average molecular weight is 272 g/mol. The van der Waals surface area contributed by atoms with Crippen molar-refractivity contribution in [3.63, 3.8) is 0 Å². The van der Waals surface area contributed by atoms with Gasteiger partial charge in [0, 0.05) is 11.6 Å². The first-order valence-corrected chi connectivity index (χ1v) is 6.30. The van der Waals surface area contributed by atoms with Gasteiger partial charge in [0.05, 0.1) is 5.69 Å². The minimum atomic E-state index is -1.09. The van der Waals surface area contributed by atoms with Crippen molar-refractivity contribution in [1.29, 1.82) is 0 Å². The van der Waals surface area contributed by atoms with Crippen LogP contribution in [-0.2, 0) is 4.79 Å². The number of carboxylic acids is 1. The highest BCUT2D eigenvalue weighted by Crippen LogP contribution is 2.21. The van der Waals surface area contributed by atoms with Gasteiger partial charge in [-0.1, -0.05) is 23.8 Å². The molecule has 0 aliphatic carbocycles. The van der Waals surface area contributed by atoms with E-state index in [0.717, 1.165) is 21.4 Å². The number of carboxylic acid groups (broad SMARTS) is 1. The molecule has 2 aromatic rings. The summed E-state index contributed by atoms with van der Waals surface area (Å²) in [5, 5.41) is 13.2. The maximum atomic E-state index is 11.7. The normalized spacial score (nSPS) is 12.2. The summed E-state index contributed by atoms with van der Waals surface area (Å²) in [7, 11) is 0. The fourth-order valence-electron chi connectivity index (χ4n) is 2.05. The third-order valence-electron chi connectivity index (χ3n) is 3.21. The lowest BCUT2D eigenvalue weighted by Crippen LogP contribution is -2.29. The Kier molecular flexibility index (Phi) is 3.70. The zero-order valence-electron chi connectivity index (χ0n) is 11.6. The van der Waals surface area contributed by atoms with Crippen molar-refractivity contribution in [2.75, 3.05) is 0 Å². The monoisotopic (exact) mass is 272 g/mol. The maximum absolute atomic E-state index is 11.7. The third-order valence-corrected chi connectivity index (χ3v) is 3.21. The van der Waals surface area contributed by atoms with Gasteiger partial charge in [0.2, 0.25) is 0 Å². The highest BCUT2D eigenvalue weighted by atomic mass is 16.4. The van der Waals surface area contributed by atoms with Crippen molar-refractivity contribution in [1.82, 2.24) is 9.78 Å². The lowest BCUT2D eigenvalue weighted by atomic mass is 10.0. The van der Waals surface area contributed by atoms with E-state index >= 15 is 0 Å². The summed E-state index contributed by atoms with van der Waals surface area (Å²) < 4.78 is 0.997. The Morgan fingerprint density at radius 2 is 1.95 bits per heavy atom. The fraction of sp³-hybridized carbons (Fsp3) is 0.267. The summed E-state index contributed by atoms with van der Waals surface area (Å²) in [6.45, 7) is 5.39. The predicted molar refractivity (Wildman–Crippen MR) is 75.8 cm³/mol. The molecule has 0 bridgehead atoms. The molecule has 0 fully saturated rings. The van der Waals surface area contributed by atoms with Crippen LogP contribution in [0.5, 0.6) is 0 Å². The van der Waals surface area contributed by atoms with Crippen LogP contribution in [0.1, 0.15) is 24.1 Å². The molecule has 1 atom stereocenters. The molecule has 0 saturated carbocycles. The third kappa shape index (κ3) is 2.61. The highest BCUT2D eigenvalue weighted by molar-refractivity contribution is 5.71. The number of hydrogen-bond donors (Lipinski definition) is 1. The molecule has 0 spiro atoms. The number of hydrogen-bond acceptors (Lipinski definition) is 3. The zero-order valence-corrected chi connectivity index (χ0v) is 11.6. The fourth-order valence-corrected chi connectivity index (χ4v) is 2.05. The van der Waals surface area contributed by atoms with Gasteiger partial charge in [0.25, 0.3) is 5.56 Å². The van der Waals surface area contributed by atoms with Crippen LogP contribution in [0.15, 0.2) is 35.1 Å². The molecular weight excluding hydrogens is 256 g/mol. The molecule has 5 heteroatoms. The summed E-state index contributed by atoms with van der Waals surface area (Å²) in [6.07, 6.45) is 0. The average Bonchev–Trinajstić information content (AvgIpc) is 2.39. The van der Waals surface area contributed by atoms with Gasteiger partial charge in [0.15, 0.2) is 6.04 Å². The van der Waals surface area contributed by atoms with Crippen molar-refractivity contribution < 1.29 is 9.90 Å². The van der Waals surface area contributed by atoms with Gasteiger partial charge in [-0.15, -0.1) is 0 Å². The van der Waals surface area contributed by atoms with E-state index in [9.17, 15) is 9.59 Å². The smallest absolute Gasteiger partial charge is 0.328 e. The van der Waals surface area contributed by atoms with Crippen LogP contribution >= 0.6 is 0 Å². The second kappa shape index (κ2) is 5.28. The largest absolute Gasteiger partial charge is 0.480 e. The molecule has 104 valence electrons. The Bertz CT molecular complexity index is 719. The Morgan fingerprint density at radius 1 is 1.25 bits per heavy atom. The minimum absolute atomic E-state index is 0.423. The number of aliphatic carboxylic acids is 1. The molecule has 0 saturated heterocycles. The van der Waals surface area contributed by atoms with Crippen LogP contribution in [0, 0.1) is 13.8 Å². The van der Waals surface area contributed by atoms with Gasteiger partial charge in [0.1, 0.15) is 0 Å². The minimum Gasteiger partial charge on any atom is -0.480 e. The Labute approximate surface area is 116 Å². The summed E-state index contributed by atoms with van der Waals surface area (Å²) in [5.74, 6) is -1.09. The highest BCUT2D eigenvalue weighted by Gasteiger charge is 2.16. The lowest BCUT2D eigenvalue weighted by Gasteiger charge is -2.12.